The van der Waals surface area contributed by atoms with E-state index in [1.54, 1.807) is 0 Å². The van der Waals surface area contributed by atoms with Gasteiger partial charge in [0, 0.05) is 17.5 Å². The van der Waals surface area contributed by atoms with Gasteiger partial charge in [0.15, 0.2) is 5.58 Å². The number of anilines is 1. The lowest BCUT2D eigenvalue weighted by atomic mass is 10.2. The van der Waals surface area contributed by atoms with E-state index < -0.39 is 0 Å². The molecule has 2 aromatic heterocycles. The second kappa shape index (κ2) is 7.36. The number of amides is 1. The molecule has 4 rings (SSSR count). The van der Waals surface area contributed by atoms with Crippen LogP contribution >= 0.6 is 11.8 Å². The third-order valence-corrected chi connectivity index (χ3v) is 4.98. The van der Waals surface area contributed by atoms with Crippen molar-refractivity contribution in [1.29, 1.82) is 0 Å². The van der Waals surface area contributed by atoms with Gasteiger partial charge in [-0.3, -0.25) is 4.79 Å². The molecule has 7 heteroatoms. The Morgan fingerprint density at radius 2 is 1.93 bits per heavy atom. The molecule has 0 aliphatic rings. The second-order valence-electron chi connectivity index (χ2n) is 5.92. The van der Waals surface area contributed by atoms with Gasteiger partial charge in [0.25, 0.3) is 0 Å². The number of aryl methyl sites for hydroxylation is 1. The molecule has 5 nitrogen and oxygen atoms in total. The number of nitrogens with one attached hydrogen (secondary N) is 1. The van der Waals surface area contributed by atoms with E-state index in [1.807, 2.05) is 31.2 Å². The summed E-state index contributed by atoms with van der Waals surface area (Å²) in [6.45, 7) is 1.99. The highest BCUT2D eigenvalue weighted by Crippen LogP contribution is 2.33. The van der Waals surface area contributed by atoms with Crippen LogP contribution in [-0.4, -0.2) is 21.6 Å². The first-order valence-electron chi connectivity index (χ1n) is 8.50. The van der Waals surface area contributed by atoms with Gasteiger partial charge in [-0.15, -0.1) is 0 Å². The van der Waals surface area contributed by atoms with Crippen molar-refractivity contribution in [3.63, 3.8) is 0 Å². The van der Waals surface area contributed by atoms with Crippen LogP contribution in [-0.2, 0) is 11.2 Å². The average Bonchev–Trinajstić information content (AvgIpc) is 3.06. The molecule has 0 atom stereocenters. The normalized spacial score (nSPS) is 11.2. The number of para-hydroxylation sites is 1. The van der Waals surface area contributed by atoms with Crippen molar-refractivity contribution >= 4 is 45.4 Å². The second-order valence-corrected chi connectivity index (χ2v) is 6.88. The molecular weight excluding hydrogens is 365 g/mol. The lowest BCUT2D eigenvalue weighted by Crippen LogP contribution is -2.14. The molecule has 0 bridgehead atoms. The molecule has 0 aliphatic carbocycles. The van der Waals surface area contributed by atoms with Gasteiger partial charge in [-0.1, -0.05) is 30.8 Å². The summed E-state index contributed by atoms with van der Waals surface area (Å²) in [6, 6.07) is 13.3. The molecule has 1 amide bonds. The van der Waals surface area contributed by atoms with Crippen LogP contribution in [0.25, 0.3) is 22.1 Å². The maximum atomic E-state index is 13.0. The molecule has 0 unspecified atom stereocenters. The van der Waals surface area contributed by atoms with Crippen LogP contribution in [0.5, 0.6) is 0 Å². The summed E-state index contributed by atoms with van der Waals surface area (Å²) in [5.41, 5.74) is 2.65. The van der Waals surface area contributed by atoms with Crippen molar-refractivity contribution in [1.82, 2.24) is 9.97 Å². The molecule has 27 heavy (non-hydrogen) atoms. The minimum atomic E-state index is -0.345. The van der Waals surface area contributed by atoms with Crippen LogP contribution in [0.4, 0.5) is 10.1 Å². The summed E-state index contributed by atoms with van der Waals surface area (Å²) in [5, 5.41) is 4.32. The minimum Gasteiger partial charge on any atom is -0.451 e. The number of thioether (sulfide) groups is 1. The van der Waals surface area contributed by atoms with Crippen LogP contribution < -0.4 is 5.32 Å². The van der Waals surface area contributed by atoms with Crippen LogP contribution in [0.3, 0.4) is 0 Å². The first-order valence-corrected chi connectivity index (χ1v) is 9.49. The molecule has 0 aliphatic heterocycles. The number of hydrogen-bond acceptors (Lipinski definition) is 5. The SMILES string of the molecule is CCc1nc(SCC(=O)Nc2ccc(F)cc2)c2oc3ccccc3c2n1. The highest BCUT2D eigenvalue weighted by molar-refractivity contribution is 8.00. The van der Waals surface area contributed by atoms with E-state index in [-0.39, 0.29) is 17.5 Å². The van der Waals surface area contributed by atoms with Gasteiger partial charge in [0.2, 0.25) is 5.91 Å². The van der Waals surface area contributed by atoms with Gasteiger partial charge in [0.1, 0.15) is 27.8 Å². The molecule has 2 heterocycles. The van der Waals surface area contributed by atoms with E-state index in [1.165, 1.54) is 36.0 Å². The molecule has 2 aromatic carbocycles. The van der Waals surface area contributed by atoms with Crippen LogP contribution in [0.1, 0.15) is 12.7 Å². The number of carbonyl (C=O) groups excluding carboxylic acids is 1. The number of carbonyl (C=O) groups is 1. The maximum Gasteiger partial charge on any atom is 0.234 e. The van der Waals surface area contributed by atoms with E-state index in [9.17, 15) is 9.18 Å². The first kappa shape index (κ1) is 17.5. The molecule has 136 valence electrons. The number of halogens is 1. The smallest absolute Gasteiger partial charge is 0.234 e. The zero-order valence-electron chi connectivity index (χ0n) is 14.5. The maximum absolute atomic E-state index is 13.0. The summed E-state index contributed by atoms with van der Waals surface area (Å²) in [5.74, 6) is 0.315. The van der Waals surface area contributed by atoms with Crippen molar-refractivity contribution in [2.24, 2.45) is 0 Å². The summed E-state index contributed by atoms with van der Waals surface area (Å²) in [7, 11) is 0. The van der Waals surface area contributed by atoms with Gasteiger partial charge in [-0.2, -0.15) is 0 Å². The Kier molecular flexibility index (Phi) is 4.77. The average molecular weight is 381 g/mol. The third-order valence-electron chi connectivity index (χ3n) is 4.02. The fourth-order valence-corrected chi connectivity index (χ4v) is 3.51. The summed E-state index contributed by atoms with van der Waals surface area (Å²) >= 11 is 1.29. The number of hydrogen-bond donors (Lipinski definition) is 1. The van der Waals surface area contributed by atoms with E-state index in [0.29, 0.717) is 28.5 Å². The first-order chi connectivity index (χ1) is 13.1. The lowest BCUT2D eigenvalue weighted by molar-refractivity contribution is -0.113. The highest BCUT2D eigenvalue weighted by atomic mass is 32.2. The number of rotatable bonds is 5. The van der Waals surface area contributed by atoms with Crippen LogP contribution in [0.15, 0.2) is 58.0 Å². The Labute approximate surface area is 159 Å². The monoisotopic (exact) mass is 381 g/mol. The zero-order valence-corrected chi connectivity index (χ0v) is 15.3. The molecule has 0 saturated carbocycles. The Morgan fingerprint density at radius 3 is 2.70 bits per heavy atom. The number of furan rings is 1. The van der Waals surface area contributed by atoms with Crippen molar-refractivity contribution < 1.29 is 13.6 Å². The molecular formula is C20H16FN3O2S. The number of aromatic nitrogens is 2. The predicted octanol–water partition coefficient (Wildman–Crippen LogP) is 4.81. The van der Waals surface area contributed by atoms with E-state index in [0.717, 1.165) is 16.5 Å². The fourth-order valence-electron chi connectivity index (χ4n) is 2.73. The molecule has 4 aromatic rings. The Hall–Kier alpha value is -2.93. The number of fused-ring (bicyclic) bond motifs is 3. The van der Waals surface area contributed by atoms with Gasteiger partial charge >= 0.3 is 0 Å². The van der Waals surface area contributed by atoms with Gasteiger partial charge < -0.3 is 9.73 Å². The number of benzene rings is 2. The van der Waals surface area contributed by atoms with Gasteiger partial charge in [-0.25, -0.2) is 14.4 Å². The molecule has 0 saturated heterocycles. The van der Waals surface area contributed by atoms with Gasteiger partial charge in [0.05, 0.1) is 5.75 Å². The van der Waals surface area contributed by atoms with Crippen LogP contribution in [0.2, 0.25) is 0 Å². The molecule has 0 fully saturated rings. The Bertz CT molecular complexity index is 1130. The standard InChI is InChI=1S/C20H16FN3O2S/c1-2-16-23-18-14-5-3-4-6-15(14)26-19(18)20(24-16)27-11-17(25)22-13-9-7-12(21)8-10-13/h3-10H,2,11H2,1H3,(H,22,25). The van der Waals surface area contributed by atoms with Crippen LogP contribution in [0, 0.1) is 5.82 Å². The van der Waals surface area contributed by atoms with Crippen molar-refractivity contribution in [3.8, 4) is 0 Å². The molecule has 0 spiro atoms. The van der Waals surface area contributed by atoms with E-state index in [4.69, 9.17) is 4.42 Å². The minimum absolute atomic E-state index is 0.156. The molecule has 0 radical (unpaired) electrons. The zero-order chi connectivity index (χ0) is 18.8. The third kappa shape index (κ3) is 3.64. The Morgan fingerprint density at radius 1 is 1.15 bits per heavy atom. The van der Waals surface area contributed by atoms with Crippen molar-refractivity contribution in [3.05, 3.63) is 60.2 Å². The topological polar surface area (TPSA) is 68.0 Å². The summed E-state index contributed by atoms with van der Waals surface area (Å²) in [4.78, 5) is 21.4. The predicted molar refractivity (Wildman–Crippen MR) is 104 cm³/mol. The van der Waals surface area contributed by atoms with E-state index in [2.05, 4.69) is 15.3 Å². The van der Waals surface area contributed by atoms with Gasteiger partial charge in [-0.05, 0) is 36.4 Å². The van der Waals surface area contributed by atoms with Crippen molar-refractivity contribution in [2.45, 2.75) is 18.4 Å². The fraction of sp³-hybridized carbons (Fsp3) is 0.150. The quantitative estimate of drug-likeness (QED) is 0.397. The summed E-state index contributed by atoms with van der Waals surface area (Å²) in [6.07, 6.45) is 0.685. The van der Waals surface area contributed by atoms with Crippen molar-refractivity contribution in [2.75, 3.05) is 11.1 Å². The molecule has 1 N–H and O–H groups in total. The largest absolute Gasteiger partial charge is 0.451 e. The Balaban J connectivity index is 1.59. The van der Waals surface area contributed by atoms with E-state index >= 15 is 0 Å². The lowest BCUT2D eigenvalue weighted by Gasteiger charge is -2.06. The number of nitrogens with zero attached hydrogens (tertiary/aromatic N) is 2. The highest BCUT2D eigenvalue weighted by Gasteiger charge is 2.16. The summed E-state index contributed by atoms with van der Waals surface area (Å²) < 4.78 is 18.9.